The molecule has 0 spiro atoms. The first kappa shape index (κ1) is 60.0. The van der Waals surface area contributed by atoms with Crippen LogP contribution < -0.4 is 21.4 Å². The Balaban J connectivity index is 0.000000127. The minimum Gasteiger partial charge on any atom is -0.423 e. The summed E-state index contributed by atoms with van der Waals surface area (Å²) < 4.78 is 95.3. The van der Waals surface area contributed by atoms with E-state index >= 15 is 0 Å². The molecular formula is C62H59BClF3N12O6S2. The highest BCUT2D eigenvalue weighted by atomic mass is 35.5. The minimum atomic E-state index is -3.88. The van der Waals surface area contributed by atoms with Gasteiger partial charge < -0.3 is 31.0 Å². The highest BCUT2D eigenvalue weighted by molar-refractivity contribution is 7.90. The molecule has 3 aliphatic carbocycles. The molecule has 87 heavy (non-hydrogen) atoms. The zero-order chi connectivity index (χ0) is 61.5. The summed E-state index contributed by atoms with van der Waals surface area (Å²) in [5.74, 6) is 1.62. The van der Waals surface area contributed by atoms with Crippen LogP contribution in [0.5, 0.6) is 0 Å². The number of aryl methyl sites for hydroxylation is 5. The Morgan fingerprint density at radius 1 is 0.506 bits per heavy atom. The molecule has 0 atom stereocenters. The van der Waals surface area contributed by atoms with Gasteiger partial charge in [0.1, 0.15) is 40.6 Å². The number of nitrogens with one attached hydrogen (secondary N) is 4. The van der Waals surface area contributed by atoms with Crippen molar-refractivity contribution in [2.24, 2.45) is 0 Å². The molecule has 0 bridgehead atoms. The fraction of sp³-hybridized carbons (Fsp3) is 0.226. The predicted octanol–water partition coefficient (Wildman–Crippen LogP) is 11.3. The summed E-state index contributed by atoms with van der Waals surface area (Å²) in [5.41, 5.74) is 6.78. The van der Waals surface area contributed by atoms with Crippen molar-refractivity contribution in [3.63, 3.8) is 0 Å². The smallest absolute Gasteiger partial charge is 0.423 e. The van der Waals surface area contributed by atoms with Crippen molar-refractivity contribution in [1.82, 2.24) is 42.8 Å². The molecule has 0 aliphatic heterocycles. The van der Waals surface area contributed by atoms with Crippen LogP contribution in [0.15, 0.2) is 149 Å². The first-order chi connectivity index (χ1) is 41.6. The molecule has 11 aromatic rings. The van der Waals surface area contributed by atoms with Gasteiger partial charge in [0.05, 0.1) is 25.9 Å². The fourth-order valence-electron chi connectivity index (χ4n) is 9.49. The van der Waals surface area contributed by atoms with Gasteiger partial charge in [0.25, 0.3) is 20.0 Å². The average molecular weight is 1240 g/mol. The van der Waals surface area contributed by atoms with E-state index in [1.807, 2.05) is 32.9 Å². The number of hydrogen-bond donors (Lipinski definition) is 6. The van der Waals surface area contributed by atoms with Crippen molar-refractivity contribution in [3.8, 4) is 22.8 Å². The topological polar surface area (TPSA) is 248 Å². The molecule has 3 aliphatic rings. The summed E-state index contributed by atoms with van der Waals surface area (Å²) in [4.78, 5) is 30.4. The number of hydrogen-bond acceptors (Lipinski definition) is 15. The molecule has 6 aromatic heterocycles. The van der Waals surface area contributed by atoms with Crippen molar-refractivity contribution < 1.29 is 40.1 Å². The first-order valence-corrected chi connectivity index (χ1v) is 31.2. The van der Waals surface area contributed by atoms with E-state index in [1.165, 1.54) is 63.3 Å². The molecule has 3 saturated carbocycles. The number of aromatic nitrogens is 9. The molecule has 6 N–H and O–H groups in total. The molecule has 18 nitrogen and oxygen atoms in total. The lowest BCUT2D eigenvalue weighted by Crippen LogP contribution is -2.29. The lowest BCUT2D eigenvalue weighted by atomic mass is 9.80. The molecular weight excluding hydrogens is 1180 g/mol. The van der Waals surface area contributed by atoms with Gasteiger partial charge in [-0.3, -0.25) is 0 Å². The maximum atomic E-state index is 13.8. The minimum absolute atomic E-state index is 0.0223. The van der Waals surface area contributed by atoms with Crippen LogP contribution in [0.1, 0.15) is 66.7 Å². The lowest BCUT2D eigenvalue weighted by Gasteiger charge is -2.12. The van der Waals surface area contributed by atoms with Gasteiger partial charge in [0, 0.05) is 46.3 Å². The summed E-state index contributed by atoms with van der Waals surface area (Å²) in [6.45, 7) is 9.28. The van der Waals surface area contributed by atoms with E-state index in [0.29, 0.717) is 74.5 Å². The van der Waals surface area contributed by atoms with Crippen LogP contribution in [0.3, 0.4) is 0 Å². The van der Waals surface area contributed by atoms with Crippen LogP contribution >= 0.6 is 11.6 Å². The van der Waals surface area contributed by atoms with Crippen LogP contribution in [0.25, 0.3) is 55.9 Å². The average Bonchev–Trinajstić information content (AvgIpc) is 1.73. The number of nitrogens with zero attached hydrogens (tertiary/aromatic N) is 8. The van der Waals surface area contributed by atoms with Gasteiger partial charge in [-0.2, -0.15) is 4.98 Å². The number of anilines is 3. The van der Waals surface area contributed by atoms with E-state index in [1.54, 1.807) is 92.7 Å². The largest absolute Gasteiger partial charge is 0.488 e. The molecule has 0 unspecified atom stereocenters. The summed E-state index contributed by atoms with van der Waals surface area (Å²) >= 11 is 6.06. The molecule has 0 amide bonds. The lowest BCUT2D eigenvalue weighted by molar-refractivity contribution is 0.425. The highest BCUT2D eigenvalue weighted by Crippen LogP contribution is 2.36. The standard InChI is InChI=1S/C23H21FN4O2S.C17H17ClN4O2S.C16H15FN4.C6H6BFO2/c1-14-6-10-19(11-7-14)31(29,30)28-15(2)12-20-22(25-18-8-9-18)26-21(27-23(20)28)16-4-3-5-17(24)13-16;1-10-3-7-13(8-4-10)25(23,24)22-11(2)9-14-15(19-12-5-6-12)20-17(18)21-16(14)22;1-9-7-13-15(18-9)20-14(10-3-2-4-11(17)8-10)21-16(13)19-12-5-6-12;8-6-3-1-2-5(4-6)7(9)10/h3-7,10-13,18H,8-9H2,1-2H3,(H,25,26,27);3-4,7-9,12H,5-6H2,1-2H3,(H,19,20,21);2-4,7-8,12H,5-6H2,1H3,(H2,18,19,20,21);1-4,9-10H. The highest BCUT2D eigenvalue weighted by Gasteiger charge is 2.30. The van der Waals surface area contributed by atoms with E-state index in [9.17, 15) is 30.0 Å². The number of fused-ring (bicyclic) bond motifs is 3. The maximum absolute atomic E-state index is 13.8. The first-order valence-electron chi connectivity index (χ1n) is 28.0. The van der Waals surface area contributed by atoms with Crippen molar-refractivity contribution in [1.29, 1.82) is 0 Å². The summed E-state index contributed by atoms with van der Waals surface area (Å²) in [7, 11) is -9.25. The quantitative estimate of drug-likeness (QED) is 0.0464. The molecule has 0 radical (unpaired) electrons. The number of rotatable bonds is 13. The van der Waals surface area contributed by atoms with Crippen LogP contribution in [0.2, 0.25) is 5.28 Å². The second-order valence-electron chi connectivity index (χ2n) is 21.8. The van der Waals surface area contributed by atoms with E-state index in [2.05, 4.69) is 50.8 Å². The van der Waals surface area contributed by atoms with Crippen molar-refractivity contribution in [2.75, 3.05) is 16.0 Å². The van der Waals surface area contributed by atoms with E-state index < -0.39 is 38.8 Å². The molecule has 6 heterocycles. The molecule has 0 saturated heterocycles. The van der Waals surface area contributed by atoms with Crippen LogP contribution in [-0.4, -0.2) is 95.0 Å². The summed E-state index contributed by atoms with van der Waals surface area (Å²) in [6, 6.07) is 37.7. The Kier molecular flexibility index (Phi) is 17.0. The van der Waals surface area contributed by atoms with Gasteiger partial charge in [0.15, 0.2) is 22.9 Å². The zero-order valence-corrected chi connectivity index (χ0v) is 50.2. The zero-order valence-electron chi connectivity index (χ0n) is 47.8. The maximum Gasteiger partial charge on any atom is 0.488 e. The normalized spacial score (nSPS) is 13.9. The van der Waals surface area contributed by atoms with Crippen LogP contribution in [0, 0.1) is 52.1 Å². The Hall–Kier alpha value is -8.68. The van der Waals surface area contributed by atoms with Crippen molar-refractivity contribution in [2.45, 2.75) is 101 Å². The van der Waals surface area contributed by atoms with Gasteiger partial charge in [-0.15, -0.1) is 0 Å². The summed E-state index contributed by atoms with van der Waals surface area (Å²) in [6.07, 6.45) is 6.55. The van der Waals surface area contributed by atoms with Crippen LogP contribution in [0.4, 0.5) is 30.6 Å². The van der Waals surface area contributed by atoms with Gasteiger partial charge >= 0.3 is 7.12 Å². The SMILES string of the molecule is Cc1cc2c(NC3CC3)nc(-c3cccc(F)c3)nc2[nH]1.Cc1ccc(S(=O)(=O)n2c(C)cc3c(NC4CC4)nc(-c4cccc(F)c4)nc32)cc1.Cc1ccc(S(=O)(=O)n2c(C)cc3c(NC4CC4)nc(Cl)nc32)cc1.OB(O)c1cccc(F)c1. The number of benzene rings is 5. The second kappa shape index (κ2) is 24.6. The van der Waals surface area contributed by atoms with E-state index in [-0.39, 0.29) is 37.8 Å². The van der Waals surface area contributed by atoms with Crippen LogP contribution in [-0.2, 0) is 20.0 Å². The van der Waals surface area contributed by atoms with Gasteiger partial charge in [-0.05, 0) is 169 Å². The molecule has 25 heteroatoms. The monoisotopic (exact) mass is 1230 g/mol. The fourth-order valence-corrected chi connectivity index (χ4v) is 12.6. The Labute approximate surface area is 505 Å². The van der Waals surface area contributed by atoms with Gasteiger partial charge in [0.2, 0.25) is 5.28 Å². The van der Waals surface area contributed by atoms with Crippen molar-refractivity contribution in [3.05, 3.63) is 190 Å². The van der Waals surface area contributed by atoms with E-state index in [0.717, 1.165) is 65.4 Å². The summed E-state index contributed by atoms with van der Waals surface area (Å²) in [5, 5.41) is 29.5. The number of H-pyrrole nitrogens is 1. The molecule has 5 aromatic carbocycles. The molecule has 14 rings (SSSR count). The van der Waals surface area contributed by atoms with Gasteiger partial charge in [-0.25, -0.2) is 62.9 Å². The Morgan fingerprint density at radius 3 is 1.34 bits per heavy atom. The molecule has 446 valence electrons. The third kappa shape index (κ3) is 13.8. The number of halogens is 4. The Morgan fingerprint density at radius 2 is 0.920 bits per heavy atom. The predicted molar refractivity (Wildman–Crippen MR) is 333 cm³/mol. The Bertz CT molecular complexity index is 4620. The molecule has 3 fully saturated rings. The third-order valence-corrected chi connectivity index (χ3v) is 18.2. The second-order valence-corrected chi connectivity index (χ2v) is 25.7. The van der Waals surface area contributed by atoms with E-state index in [4.69, 9.17) is 21.6 Å². The van der Waals surface area contributed by atoms with Gasteiger partial charge in [-0.1, -0.05) is 71.8 Å². The number of aromatic amines is 1. The third-order valence-electron chi connectivity index (χ3n) is 14.4. The van der Waals surface area contributed by atoms with Crippen molar-refractivity contribution >= 4 is 94.8 Å².